The van der Waals surface area contributed by atoms with Crippen LogP contribution in [0.2, 0.25) is 0 Å². The number of hydrogen-bond donors (Lipinski definition) is 0. The molecule has 0 radical (unpaired) electrons. The maximum absolute atomic E-state index is 11.0. The van der Waals surface area contributed by atoms with E-state index in [0.29, 0.717) is 6.61 Å². The molecule has 0 aromatic heterocycles. The molecule has 0 aliphatic carbocycles. The predicted molar refractivity (Wildman–Crippen MR) is 68.2 cm³/mol. The number of hydrogen-bond acceptors (Lipinski definition) is 2. The fraction of sp³-hybridized carbons (Fsp3) is 0.500. The van der Waals surface area contributed by atoms with E-state index in [0.717, 1.165) is 12.8 Å². The molecule has 0 fully saturated rings. The van der Waals surface area contributed by atoms with Gasteiger partial charge >= 0.3 is 5.97 Å². The number of carbonyl (C=O) groups excluding carboxylic acids is 1. The van der Waals surface area contributed by atoms with Crippen LogP contribution in [0.1, 0.15) is 40.5 Å². The zero-order chi connectivity index (χ0) is 12.4. The molecule has 0 aliphatic rings. The molecule has 0 saturated heterocycles. The van der Waals surface area contributed by atoms with Crippen molar-refractivity contribution in [2.75, 3.05) is 6.61 Å². The van der Waals surface area contributed by atoms with Gasteiger partial charge in [-0.3, -0.25) is 0 Å². The van der Waals surface area contributed by atoms with E-state index in [1.54, 1.807) is 13.0 Å². The monoisotopic (exact) mass is 222 g/mol. The molecule has 0 bridgehead atoms. The van der Waals surface area contributed by atoms with Gasteiger partial charge in [0.2, 0.25) is 0 Å². The standard InChI is InChI=1S/C14H22O2/c1-5-7-14(15)16-11-10-13(4)9-6-8-12(2)3/h5,7-8,10H,6,9,11H2,1-4H3/b7-5?,13-10-. The summed E-state index contributed by atoms with van der Waals surface area (Å²) in [6.07, 6.45) is 9.34. The summed E-state index contributed by atoms with van der Waals surface area (Å²) in [4.78, 5) is 11.0. The van der Waals surface area contributed by atoms with E-state index in [-0.39, 0.29) is 5.97 Å². The lowest BCUT2D eigenvalue weighted by molar-refractivity contribution is -0.136. The van der Waals surface area contributed by atoms with Gasteiger partial charge in [0, 0.05) is 6.08 Å². The van der Waals surface area contributed by atoms with Gasteiger partial charge in [0.15, 0.2) is 0 Å². The van der Waals surface area contributed by atoms with E-state index in [1.807, 2.05) is 6.08 Å². The van der Waals surface area contributed by atoms with Gasteiger partial charge in [0.25, 0.3) is 0 Å². The van der Waals surface area contributed by atoms with Gasteiger partial charge in [-0.15, -0.1) is 0 Å². The Kier molecular flexibility index (Phi) is 8.22. The van der Waals surface area contributed by atoms with Crippen LogP contribution in [-0.4, -0.2) is 12.6 Å². The molecule has 16 heavy (non-hydrogen) atoms. The molecular formula is C14H22O2. The Morgan fingerprint density at radius 2 is 1.88 bits per heavy atom. The third-order valence-corrected chi connectivity index (χ3v) is 2.05. The summed E-state index contributed by atoms with van der Waals surface area (Å²) in [5.74, 6) is -0.282. The average molecular weight is 222 g/mol. The number of carbonyl (C=O) groups is 1. The van der Waals surface area contributed by atoms with E-state index in [9.17, 15) is 4.79 Å². The molecule has 0 N–H and O–H groups in total. The maximum atomic E-state index is 11.0. The zero-order valence-corrected chi connectivity index (χ0v) is 10.7. The minimum absolute atomic E-state index is 0.282. The van der Waals surface area contributed by atoms with Crippen LogP contribution < -0.4 is 0 Å². The van der Waals surface area contributed by atoms with E-state index >= 15 is 0 Å². The number of rotatable bonds is 6. The highest BCUT2D eigenvalue weighted by Crippen LogP contribution is 2.06. The summed E-state index contributed by atoms with van der Waals surface area (Å²) < 4.78 is 4.96. The Hall–Kier alpha value is -1.31. The maximum Gasteiger partial charge on any atom is 0.330 e. The molecule has 0 unspecified atom stereocenters. The predicted octanol–water partition coefficient (Wildman–Crippen LogP) is 3.80. The Morgan fingerprint density at radius 1 is 1.19 bits per heavy atom. The van der Waals surface area contributed by atoms with E-state index < -0.39 is 0 Å². The Labute approximate surface area is 98.7 Å². The second-order valence-corrected chi connectivity index (χ2v) is 4.00. The van der Waals surface area contributed by atoms with Crippen LogP contribution in [0.25, 0.3) is 0 Å². The molecule has 0 aliphatic heterocycles. The van der Waals surface area contributed by atoms with Gasteiger partial charge in [-0.1, -0.05) is 23.3 Å². The zero-order valence-electron chi connectivity index (χ0n) is 10.7. The number of esters is 1. The van der Waals surface area contributed by atoms with E-state index in [1.165, 1.54) is 17.2 Å². The van der Waals surface area contributed by atoms with Crippen LogP contribution in [0.4, 0.5) is 0 Å². The first-order valence-electron chi connectivity index (χ1n) is 5.64. The molecule has 0 aromatic rings. The normalized spacial score (nSPS) is 11.6. The van der Waals surface area contributed by atoms with Crippen molar-refractivity contribution in [1.82, 2.24) is 0 Å². The van der Waals surface area contributed by atoms with Crippen molar-refractivity contribution in [3.63, 3.8) is 0 Å². The smallest absolute Gasteiger partial charge is 0.330 e. The first kappa shape index (κ1) is 14.7. The lowest BCUT2D eigenvalue weighted by Crippen LogP contribution is -2.00. The van der Waals surface area contributed by atoms with Crippen LogP contribution in [0.15, 0.2) is 35.5 Å². The third-order valence-electron chi connectivity index (χ3n) is 2.05. The van der Waals surface area contributed by atoms with Crippen molar-refractivity contribution < 1.29 is 9.53 Å². The summed E-state index contributed by atoms with van der Waals surface area (Å²) >= 11 is 0. The molecule has 0 amide bonds. The van der Waals surface area contributed by atoms with Crippen molar-refractivity contribution in [3.8, 4) is 0 Å². The number of allylic oxidation sites excluding steroid dienone is 4. The van der Waals surface area contributed by atoms with Crippen LogP contribution in [0, 0.1) is 0 Å². The van der Waals surface area contributed by atoms with Crippen molar-refractivity contribution in [2.24, 2.45) is 0 Å². The molecule has 0 rings (SSSR count). The second-order valence-electron chi connectivity index (χ2n) is 4.00. The average Bonchev–Trinajstić information content (AvgIpc) is 2.17. The third kappa shape index (κ3) is 9.25. The van der Waals surface area contributed by atoms with E-state index in [2.05, 4.69) is 26.8 Å². The summed E-state index contributed by atoms with van der Waals surface area (Å²) in [5, 5.41) is 0. The van der Waals surface area contributed by atoms with E-state index in [4.69, 9.17) is 4.74 Å². The molecular weight excluding hydrogens is 200 g/mol. The molecule has 0 atom stereocenters. The van der Waals surface area contributed by atoms with Gasteiger partial charge in [0.05, 0.1) is 0 Å². The van der Waals surface area contributed by atoms with Crippen LogP contribution in [-0.2, 0) is 9.53 Å². The van der Waals surface area contributed by atoms with Crippen molar-refractivity contribution in [1.29, 1.82) is 0 Å². The van der Waals surface area contributed by atoms with Crippen LogP contribution >= 0.6 is 0 Å². The lowest BCUT2D eigenvalue weighted by Gasteiger charge is -2.00. The number of ether oxygens (including phenoxy) is 1. The molecule has 0 spiro atoms. The summed E-state index contributed by atoms with van der Waals surface area (Å²) in [6.45, 7) is 8.41. The van der Waals surface area contributed by atoms with Gasteiger partial charge in [-0.05, 0) is 46.6 Å². The molecule has 0 saturated carbocycles. The SMILES string of the molecule is CC=CC(=O)OC/C=C(/C)CCC=C(C)C. The highest BCUT2D eigenvalue weighted by atomic mass is 16.5. The van der Waals surface area contributed by atoms with Gasteiger partial charge in [0.1, 0.15) is 6.61 Å². The minimum Gasteiger partial charge on any atom is -0.458 e. The van der Waals surface area contributed by atoms with Gasteiger partial charge in [-0.2, -0.15) is 0 Å². The molecule has 90 valence electrons. The molecule has 2 nitrogen and oxygen atoms in total. The van der Waals surface area contributed by atoms with Crippen LogP contribution in [0.3, 0.4) is 0 Å². The van der Waals surface area contributed by atoms with Crippen molar-refractivity contribution in [3.05, 3.63) is 35.5 Å². The van der Waals surface area contributed by atoms with Crippen molar-refractivity contribution >= 4 is 5.97 Å². The summed E-state index contributed by atoms with van der Waals surface area (Å²) in [7, 11) is 0. The Balaban J connectivity index is 3.79. The van der Waals surface area contributed by atoms with Crippen LogP contribution in [0.5, 0.6) is 0 Å². The Bertz CT molecular complexity index is 292. The quantitative estimate of drug-likeness (QED) is 0.388. The fourth-order valence-corrected chi connectivity index (χ4v) is 1.14. The summed E-state index contributed by atoms with van der Waals surface area (Å²) in [5.41, 5.74) is 2.60. The van der Waals surface area contributed by atoms with Gasteiger partial charge in [-0.25, -0.2) is 4.79 Å². The topological polar surface area (TPSA) is 26.3 Å². The van der Waals surface area contributed by atoms with Crippen molar-refractivity contribution in [2.45, 2.75) is 40.5 Å². The Morgan fingerprint density at radius 3 is 2.44 bits per heavy atom. The first-order chi connectivity index (χ1) is 7.56. The highest BCUT2D eigenvalue weighted by molar-refractivity contribution is 5.81. The minimum atomic E-state index is -0.282. The largest absolute Gasteiger partial charge is 0.458 e. The molecule has 2 heteroatoms. The molecule has 0 aromatic carbocycles. The second kappa shape index (κ2) is 8.96. The highest BCUT2D eigenvalue weighted by Gasteiger charge is 1.94. The fourth-order valence-electron chi connectivity index (χ4n) is 1.14. The first-order valence-corrected chi connectivity index (χ1v) is 5.64. The summed E-state index contributed by atoms with van der Waals surface area (Å²) in [6, 6.07) is 0. The van der Waals surface area contributed by atoms with Gasteiger partial charge < -0.3 is 4.74 Å². The molecule has 0 heterocycles. The lowest BCUT2D eigenvalue weighted by atomic mass is 10.1.